The molecule has 3 aromatic carbocycles. The molecule has 0 aliphatic heterocycles. The molecule has 1 heterocycles. The number of primary amides is 1. The van der Waals surface area contributed by atoms with Crippen LogP contribution in [0.2, 0.25) is 0 Å². The van der Waals surface area contributed by atoms with E-state index in [-0.39, 0.29) is 23.7 Å². The summed E-state index contributed by atoms with van der Waals surface area (Å²) in [5.41, 5.74) is 8.36. The molecule has 1 fully saturated rings. The summed E-state index contributed by atoms with van der Waals surface area (Å²) in [7, 11) is 0. The van der Waals surface area contributed by atoms with E-state index in [0.29, 0.717) is 6.54 Å². The van der Waals surface area contributed by atoms with Crippen molar-refractivity contribution in [2.45, 2.75) is 44.2 Å². The Bertz CT molecular complexity index is 1260. The average Bonchev–Trinajstić information content (AvgIpc) is 3.49. The number of nitrogens with two attached hydrogens (primary N) is 1. The second-order valence-electron chi connectivity index (χ2n) is 9.58. The van der Waals surface area contributed by atoms with Crippen molar-refractivity contribution in [3.8, 4) is 0 Å². The monoisotopic (exact) mass is 468 g/mol. The Morgan fingerprint density at radius 3 is 2.14 bits per heavy atom. The number of rotatable bonds is 7. The van der Waals surface area contributed by atoms with Gasteiger partial charge in [-0.1, -0.05) is 72.8 Å². The highest BCUT2D eigenvalue weighted by atomic mass is 19.1. The van der Waals surface area contributed by atoms with Gasteiger partial charge < -0.3 is 5.73 Å². The largest absolute Gasteiger partial charge is 0.369 e. The second kappa shape index (κ2) is 9.49. The van der Waals surface area contributed by atoms with Gasteiger partial charge in [0.05, 0.1) is 0 Å². The van der Waals surface area contributed by atoms with Gasteiger partial charge in [0.1, 0.15) is 36.2 Å². The molecule has 1 aliphatic rings. The van der Waals surface area contributed by atoms with Crippen molar-refractivity contribution in [1.29, 1.82) is 0 Å². The van der Waals surface area contributed by atoms with E-state index in [2.05, 4.69) is 28.5 Å². The summed E-state index contributed by atoms with van der Waals surface area (Å²) in [6.45, 7) is 2.81. The molecule has 2 N–H and O–H groups in total. The first-order valence-electron chi connectivity index (χ1n) is 12.2. The molecule has 4 nitrogen and oxygen atoms in total. The fourth-order valence-electron chi connectivity index (χ4n) is 5.99. The van der Waals surface area contributed by atoms with Gasteiger partial charge in [0.25, 0.3) is 5.82 Å². The number of nitrogens with zero attached hydrogens (tertiary/aromatic N) is 2. The maximum Gasteiger partial charge on any atom is 0.253 e. The summed E-state index contributed by atoms with van der Waals surface area (Å²) in [5, 5.41) is 0. The fourth-order valence-corrected chi connectivity index (χ4v) is 5.99. The number of benzene rings is 3. The number of hydrogen-bond acceptors (Lipinski definition) is 1. The zero-order chi connectivity index (χ0) is 24.4. The van der Waals surface area contributed by atoms with Crippen LogP contribution in [0.25, 0.3) is 0 Å². The van der Waals surface area contributed by atoms with Crippen LogP contribution in [-0.2, 0) is 16.8 Å². The van der Waals surface area contributed by atoms with E-state index in [0.717, 1.165) is 41.8 Å². The zero-order valence-corrected chi connectivity index (χ0v) is 20.0. The highest BCUT2D eigenvalue weighted by Crippen LogP contribution is 2.49. The van der Waals surface area contributed by atoms with Crippen molar-refractivity contribution < 1.29 is 13.8 Å². The molecule has 1 aliphatic carbocycles. The van der Waals surface area contributed by atoms with E-state index in [1.807, 2.05) is 72.8 Å². The van der Waals surface area contributed by atoms with Gasteiger partial charge in [-0.2, -0.15) is 0 Å². The van der Waals surface area contributed by atoms with Gasteiger partial charge in [0.2, 0.25) is 5.91 Å². The Hall–Kier alpha value is -3.73. The predicted octanol–water partition coefficient (Wildman–Crippen LogP) is 5.08. The van der Waals surface area contributed by atoms with Gasteiger partial charge in [-0.25, -0.2) is 13.5 Å². The van der Waals surface area contributed by atoms with Crippen molar-refractivity contribution in [1.82, 2.24) is 4.57 Å². The van der Waals surface area contributed by atoms with Crippen molar-refractivity contribution in [2.75, 3.05) is 0 Å². The third-order valence-electron chi connectivity index (χ3n) is 7.72. The van der Waals surface area contributed by atoms with Crippen molar-refractivity contribution in [3.05, 3.63) is 126 Å². The number of hydrogen-bond donors (Lipinski definition) is 1. The van der Waals surface area contributed by atoms with E-state index in [4.69, 9.17) is 5.73 Å². The third kappa shape index (κ3) is 4.16. The average molecular weight is 469 g/mol. The maximum atomic E-state index is 13.3. The van der Waals surface area contributed by atoms with Gasteiger partial charge >= 0.3 is 0 Å². The van der Waals surface area contributed by atoms with Crippen LogP contribution < -0.4 is 10.3 Å². The minimum absolute atomic E-state index is 0.0853. The minimum Gasteiger partial charge on any atom is -0.369 e. The number of amides is 1. The van der Waals surface area contributed by atoms with E-state index < -0.39 is 5.41 Å². The van der Waals surface area contributed by atoms with Crippen LogP contribution in [0.5, 0.6) is 0 Å². The quantitative estimate of drug-likeness (QED) is 0.378. The van der Waals surface area contributed by atoms with E-state index >= 15 is 0 Å². The molecule has 0 saturated heterocycles. The molecule has 1 amide bonds. The summed E-state index contributed by atoms with van der Waals surface area (Å²) < 4.78 is 17.8. The van der Waals surface area contributed by atoms with Crippen molar-refractivity contribution in [3.63, 3.8) is 0 Å². The first-order chi connectivity index (χ1) is 17.0. The summed E-state index contributed by atoms with van der Waals surface area (Å²) in [6, 6.07) is 26.9. The highest BCUT2D eigenvalue weighted by Gasteiger charge is 2.51. The number of carbonyl (C=O) groups is 1. The van der Waals surface area contributed by atoms with Crippen LogP contribution in [-0.4, -0.2) is 10.5 Å². The smallest absolute Gasteiger partial charge is 0.253 e. The first-order valence-corrected chi connectivity index (χ1v) is 12.2. The van der Waals surface area contributed by atoms with Gasteiger partial charge in [0, 0.05) is 6.92 Å². The molecule has 1 saturated carbocycles. The minimum atomic E-state index is -0.873. The molecule has 5 heteroatoms. The van der Waals surface area contributed by atoms with E-state index in [1.54, 1.807) is 0 Å². The van der Waals surface area contributed by atoms with Gasteiger partial charge in [-0.15, -0.1) is 0 Å². The highest BCUT2D eigenvalue weighted by molar-refractivity contribution is 5.91. The summed E-state index contributed by atoms with van der Waals surface area (Å²) in [5.74, 6) is 0.710. The SMILES string of the molecule is Cc1n(C2CCC(C(C(N)=O)(c3ccccc3)c3ccccc3)C2)cc[n+]1Cc1ccc(F)cc1. The van der Waals surface area contributed by atoms with Crippen molar-refractivity contribution >= 4 is 5.91 Å². The molecule has 2 unspecified atom stereocenters. The van der Waals surface area contributed by atoms with Gasteiger partial charge in [-0.05, 0) is 54.0 Å². The van der Waals surface area contributed by atoms with Gasteiger partial charge in [0.15, 0.2) is 0 Å². The molecular weight excluding hydrogens is 437 g/mol. The Morgan fingerprint density at radius 1 is 0.971 bits per heavy atom. The van der Waals surface area contributed by atoms with Gasteiger partial charge in [-0.3, -0.25) is 4.79 Å². The van der Waals surface area contributed by atoms with Crippen LogP contribution in [0.1, 0.15) is 47.8 Å². The molecule has 1 aromatic heterocycles. The topological polar surface area (TPSA) is 51.9 Å². The Morgan fingerprint density at radius 2 is 1.57 bits per heavy atom. The fraction of sp³-hybridized carbons (Fsp3) is 0.267. The second-order valence-corrected chi connectivity index (χ2v) is 9.58. The van der Waals surface area contributed by atoms with Crippen LogP contribution in [0, 0.1) is 18.7 Å². The lowest BCUT2D eigenvalue weighted by Gasteiger charge is -2.37. The van der Waals surface area contributed by atoms with Crippen LogP contribution in [0.3, 0.4) is 0 Å². The summed E-state index contributed by atoms with van der Waals surface area (Å²) in [6.07, 6.45) is 6.96. The number of carbonyl (C=O) groups excluding carboxylic acids is 1. The standard InChI is InChI=1S/C30H30FN3O/c1-22-33(21-23-12-15-27(31)16-13-23)18-19-34(22)28-17-14-26(20-28)30(29(32)35,24-8-4-2-5-9-24)25-10-6-3-7-11-25/h2-13,15-16,18-19,26,28H,14,17,20-21H2,1H3,(H-,32,35)/p+1. The first kappa shape index (κ1) is 23.0. The molecule has 178 valence electrons. The van der Waals surface area contributed by atoms with Crippen molar-refractivity contribution in [2.24, 2.45) is 11.7 Å². The molecule has 0 radical (unpaired) electrons. The maximum absolute atomic E-state index is 13.3. The molecule has 35 heavy (non-hydrogen) atoms. The lowest BCUT2D eigenvalue weighted by atomic mass is 9.64. The molecule has 0 spiro atoms. The summed E-state index contributed by atoms with van der Waals surface area (Å²) in [4.78, 5) is 13.3. The summed E-state index contributed by atoms with van der Waals surface area (Å²) >= 11 is 0. The lowest BCUT2D eigenvalue weighted by molar-refractivity contribution is -0.694. The van der Waals surface area contributed by atoms with Crippen LogP contribution in [0.15, 0.2) is 97.3 Å². The molecule has 5 rings (SSSR count). The Labute approximate surface area is 205 Å². The van der Waals surface area contributed by atoms with Crippen LogP contribution in [0.4, 0.5) is 4.39 Å². The molecule has 2 atom stereocenters. The Kier molecular flexibility index (Phi) is 6.25. The van der Waals surface area contributed by atoms with E-state index in [9.17, 15) is 9.18 Å². The Balaban J connectivity index is 1.47. The zero-order valence-electron chi connectivity index (χ0n) is 20.0. The third-order valence-corrected chi connectivity index (χ3v) is 7.72. The number of aromatic nitrogens is 2. The molecule has 0 bridgehead atoms. The predicted molar refractivity (Wildman–Crippen MR) is 134 cm³/mol. The lowest BCUT2D eigenvalue weighted by Crippen LogP contribution is -2.47. The van der Waals surface area contributed by atoms with E-state index in [1.165, 1.54) is 12.1 Å². The van der Waals surface area contributed by atoms with Crippen LogP contribution >= 0.6 is 0 Å². The number of imidazole rings is 1. The number of halogens is 1. The molecular formula is C30H31FN3O+. The normalized spacial score (nSPS) is 18.0. The molecule has 4 aromatic rings.